The van der Waals surface area contributed by atoms with E-state index in [0.717, 1.165) is 11.1 Å². The molecule has 0 unspecified atom stereocenters. The van der Waals surface area contributed by atoms with E-state index in [4.69, 9.17) is 16.3 Å². The van der Waals surface area contributed by atoms with Gasteiger partial charge in [-0.2, -0.15) is 0 Å². The molecule has 0 saturated heterocycles. The number of carbonyl (C=O) groups excluding carboxylic acids is 1. The van der Waals surface area contributed by atoms with Crippen molar-refractivity contribution in [2.75, 3.05) is 6.61 Å². The topological polar surface area (TPSA) is 57.0 Å². The highest BCUT2D eigenvalue weighted by atomic mass is 35.5. The number of esters is 1. The molecular weight excluding hydrogens is 290 g/mol. The molecular formula is C15H18ClN3O2. The molecule has 21 heavy (non-hydrogen) atoms. The predicted octanol–water partition coefficient (Wildman–Crippen LogP) is 2.86. The minimum absolute atomic E-state index is 0.159. The molecule has 0 aliphatic carbocycles. The van der Waals surface area contributed by atoms with E-state index in [1.807, 2.05) is 13.8 Å². The second-order valence-electron chi connectivity index (χ2n) is 4.83. The summed E-state index contributed by atoms with van der Waals surface area (Å²) in [5.41, 5.74) is 4.23. The minimum Gasteiger partial charge on any atom is -0.461 e. The zero-order valence-electron chi connectivity index (χ0n) is 12.4. The molecule has 0 spiro atoms. The Bertz CT molecular complexity index is 652. The van der Waals surface area contributed by atoms with Gasteiger partial charge in [-0.25, -0.2) is 9.48 Å². The largest absolute Gasteiger partial charge is 0.461 e. The second-order valence-corrected chi connectivity index (χ2v) is 5.09. The number of aromatic nitrogens is 3. The average Bonchev–Trinajstić information content (AvgIpc) is 2.86. The minimum atomic E-state index is -0.486. The van der Waals surface area contributed by atoms with Crippen LogP contribution in [0.5, 0.6) is 0 Å². The SMILES string of the molecule is CCOC(=O)c1nnn(Cc2cc(C)ccc2C)c1CCl. The zero-order chi connectivity index (χ0) is 15.4. The fourth-order valence-corrected chi connectivity index (χ4v) is 2.35. The Kier molecular flexibility index (Phi) is 4.96. The van der Waals surface area contributed by atoms with E-state index in [-0.39, 0.29) is 11.6 Å². The van der Waals surface area contributed by atoms with Crippen LogP contribution < -0.4 is 0 Å². The number of nitrogens with zero attached hydrogens (tertiary/aromatic N) is 3. The summed E-state index contributed by atoms with van der Waals surface area (Å²) in [6.45, 7) is 6.65. The number of ether oxygens (including phenoxy) is 1. The smallest absolute Gasteiger partial charge is 0.360 e. The standard InChI is InChI=1S/C15H18ClN3O2/c1-4-21-15(20)14-13(8-16)19(18-17-14)9-12-7-10(2)5-6-11(12)3/h5-7H,4,8-9H2,1-3H3. The van der Waals surface area contributed by atoms with Crippen molar-refractivity contribution in [3.63, 3.8) is 0 Å². The molecule has 1 aromatic carbocycles. The fourth-order valence-electron chi connectivity index (χ4n) is 2.08. The van der Waals surface area contributed by atoms with Crippen LogP contribution >= 0.6 is 11.6 Å². The van der Waals surface area contributed by atoms with Gasteiger partial charge < -0.3 is 4.74 Å². The molecule has 2 rings (SSSR count). The van der Waals surface area contributed by atoms with Gasteiger partial charge >= 0.3 is 5.97 Å². The summed E-state index contributed by atoms with van der Waals surface area (Å²) >= 11 is 5.95. The third-order valence-electron chi connectivity index (χ3n) is 3.26. The van der Waals surface area contributed by atoms with E-state index in [1.54, 1.807) is 11.6 Å². The Morgan fingerprint density at radius 1 is 1.38 bits per heavy atom. The lowest BCUT2D eigenvalue weighted by Crippen LogP contribution is -2.11. The molecule has 0 saturated carbocycles. The van der Waals surface area contributed by atoms with Crippen LogP contribution in [0.15, 0.2) is 18.2 Å². The molecule has 2 aromatic rings. The van der Waals surface area contributed by atoms with Crippen LogP contribution in [0.2, 0.25) is 0 Å². The number of aryl methyl sites for hydroxylation is 2. The first-order valence-electron chi connectivity index (χ1n) is 6.78. The van der Waals surface area contributed by atoms with Crippen molar-refractivity contribution in [2.45, 2.75) is 33.2 Å². The normalized spacial score (nSPS) is 10.7. The van der Waals surface area contributed by atoms with E-state index in [0.29, 0.717) is 18.8 Å². The van der Waals surface area contributed by atoms with Gasteiger partial charge in [0.1, 0.15) is 0 Å². The molecule has 1 aromatic heterocycles. The number of alkyl halides is 1. The summed E-state index contributed by atoms with van der Waals surface area (Å²) in [5, 5.41) is 7.95. The lowest BCUT2D eigenvalue weighted by Gasteiger charge is -2.09. The molecule has 0 atom stereocenters. The molecule has 0 bridgehead atoms. The van der Waals surface area contributed by atoms with Gasteiger partial charge in [-0.1, -0.05) is 29.0 Å². The van der Waals surface area contributed by atoms with Gasteiger partial charge in [0.25, 0.3) is 0 Å². The summed E-state index contributed by atoms with van der Waals surface area (Å²) in [6.07, 6.45) is 0. The number of carbonyl (C=O) groups is 1. The highest BCUT2D eigenvalue weighted by Crippen LogP contribution is 2.16. The summed E-state index contributed by atoms with van der Waals surface area (Å²) in [5.74, 6) is -0.327. The van der Waals surface area contributed by atoms with Crippen LogP contribution in [0.25, 0.3) is 0 Å². The van der Waals surface area contributed by atoms with Crippen LogP contribution in [0.4, 0.5) is 0 Å². The van der Waals surface area contributed by atoms with Crippen molar-refractivity contribution in [1.82, 2.24) is 15.0 Å². The first-order valence-corrected chi connectivity index (χ1v) is 7.31. The molecule has 6 heteroatoms. The summed E-state index contributed by atoms with van der Waals surface area (Å²) in [4.78, 5) is 11.8. The number of benzene rings is 1. The van der Waals surface area contributed by atoms with E-state index >= 15 is 0 Å². The highest BCUT2D eigenvalue weighted by molar-refractivity contribution is 6.17. The number of hydrogen-bond donors (Lipinski definition) is 0. The maximum Gasteiger partial charge on any atom is 0.360 e. The summed E-state index contributed by atoms with van der Waals surface area (Å²) in [7, 11) is 0. The molecule has 112 valence electrons. The van der Waals surface area contributed by atoms with Crippen molar-refractivity contribution in [3.05, 3.63) is 46.3 Å². The average molecular weight is 308 g/mol. The molecule has 0 N–H and O–H groups in total. The first-order chi connectivity index (χ1) is 10.1. The molecule has 1 heterocycles. The third-order valence-corrected chi connectivity index (χ3v) is 3.51. The molecule has 0 radical (unpaired) electrons. The molecule has 0 aliphatic heterocycles. The monoisotopic (exact) mass is 307 g/mol. The van der Waals surface area contributed by atoms with Gasteiger partial charge in [0, 0.05) is 0 Å². The zero-order valence-corrected chi connectivity index (χ0v) is 13.1. The highest BCUT2D eigenvalue weighted by Gasteiger charge is 2.20. The predicted molar refractivity (Wildman–Crippen MR) is 80.6 cm³/mol. The maximum atomic E-state index is 11.8. The number of rotatable bonds is 5. The van der Waals surface area contributed by atoms with Crippen molar-refractivity contribution in [3.8, 4) is 0 Å². The number of hydrogen-bond acceptors (Lipinski definition) is 4. The fraction of sp³-hybridized carbons (Fsp3) is 0.400. The van der Waals surface area contributed by atoms with Crippen LogP contribution in [-0.2, 0) is 17.2 Å². The molecule has 0 fully saturated rings. The van der Waals surface area contributed by atoms with Crippen LogP contribution in [0, 0.1) is 13.8 Å². The van der Waals surface area contributed by atoms with Gasteiger partial charge in [0.15, 0.2) is 5.69 Å². The van der Waals surface area contributed by atoms with E-state index in [2.05, 4.69) is 28.5 Å². The van der Waals surface area contributed by atoms with Crippen molar-refractivity contribution in [2.24, 2.45) is 0 Å². The Balaban J connectivity index is 2.32. The number of halogens is 1. The van der Waals surface area contributed by atoms with E-state index in [1.165, 1.54) is 5.56 Å². The summed E-state index contributed by atoms with van der Waals surface area (Å²) < 4.78 is 6.62. The van der Waals surface area contributed by atoms with Crippen LogP contribution in [0.3, 0.4) is 0 Å². The molecule has 0 aliphatic rings. The van der Waals surface area contributed by atoms with Gasteiger partial charge in [0.2, 0.25) is 0 Å². The summed E-state index contributed by atoms with van der Waals surface area (Å²) in [6, 6.07) is 6.22. The van der Waals surface area contributed by atoms with Crippen LogP contribution in [-0.4, -0.2) is 27.6 Å². The first kappa shape index (κ1) is 15.5. The van der Waals surface area contributed by atoms with Gasteiger partial charge in [0.05, 0.1) is 24.7 Å². The van der Waals surface area contributed by atoms with E-state index in [9.17, 15) is 4.79 Å². The van der Waals surface area contributed by atoms with Crippen molar-refractivity contribution >= 4 is 17.6 Å². The van der Waals surface area contributed by atoms with Gasteiger partial charge in [-0.15, -0.1) is 16.7 Å². The van der Waals surface area contributed by atoms with Crippen molar-refractivity contribution in [1.29, 1.82) is 0 Å². The third kappa shape index (κ3) is 3.42. The Labute approximate surface area is 128 Å². The lowest BCUT2D eigenvalue weighted by molar-refractivity contribution is 0.0518. The second kappa shape index (κ2) is 6.72. The van der Waals surface area contributed by atoms with Gasteiger partial charge in [-0.05, 0) is 31.9 Å². The Morgan fingerprint density at radius 2 is 2.14 bits per heavy atom. The maximum absolute atomic E-state index is 11.8. The van der Waals surface area contributed by atoms with Gasteiger partial charge in [-0.3, -0.25) is 0 Å². The Hall–Kier alpha value is -1.88. The van der Waals surface area contributed by atoms with Crippen molar-refractivity contribution < 1.29 is 9.53 Å². The molecule has 5 nitrogen and oxygen atoms in total. The van der Waals surface area contributed by atoms with E-state index < -0.39 is 5.97 Å². The quantitative estimate of drug-likeness (QED) is 0.629. The lowest BCUT2D eigenvalue weighted by atomic mass is 10.1. The molecule has 0 amide bonds. The Morgan fingerprint density at radius 3 is 2.81 bits per heavy atom. The van der Waals surface area contributed by atoms with Crippen LogP contribution in [0.1, 0.15) is 39.8 Å².